The number of Topliss-reactive ketones (excluding diaryl/α,β-unsaturated/α-hetero) is 2. The number of rotatable bonds is 5. The second kappa shape index (κ2) is 7.31. The fraction of sp³-hybridized carbons (Fsp3) is 0.350. The lowest BCUT2D eigenvalue weighted by Gasteiger charge is -2.19. The van der Waals surface area contributed by atoms with Crippen molar-refractivity contribution in [3.8, 4) is 0 Å². The molecule has 1 aromatic carbocycles. The first-order chi connectivity index (χ1) is 11.6. The molecule has 0 aliphatic heterocycles. The van der Waals surface area contributed by atoms with Crippen molar-refractivity contribution in [1.29, 1.82) is 0 Å². The van der Waals surface area contributed by atoms with E-state index in [4.69, 9.17) is 4.74 Å². The molecule has 0 saturated carbocycles. The number of carbonyl (C=O) groups is 3. The zero-order chi connectivity index (χ0) is 18.8. The normalized spacial score (nSPS) is 12.5. The molecule has 0 bridgehead atoms. The second-order valence-electron chi connectivity index (χ2n) is 6.96. The Morgan fingerprint density at radius 2 is 1.52 bits per heavy atom. The lowest BCUT2D eigenvalue weighted by molar-refractivity contribution is 0.0323. The Morgan fingerprint density at radius 1 is 0.960 bits per heavy atom. The molecule has 132 valence electrons. The third-order valence-corrected chi connectivity index (χ3v) is 5.01. The SMILES string of the molecule is CC(=O)c1ccc(C(=O)OC(C)C(=O)c2ccc(C(C)(C)C)cc2)s1. The van der Waals surface area contributed by atoms with Crippen molar-refractivity contribution in [2.75, 3.05) is 0 Å². The molecular weight excluding hydrogens is 336 g/mol. The number of carbonyl (C=O) groups excluding carboxylic acids is 3. The van der Waals surface area contributed by atoms with Crippen molar-refractivity contribution in [1.82, 2.24) is 0 Å². The van der Waals surface area contributed by atoms with Gasteiger partial charge >= 0.3 is 5.97 Å². The molecule has 2 rings (SSSR count). The zero-order valence-electron chi connectivity index (χ0n) is 15.1. The maximum absolute atomic E-state index is 12.5. The Morgan fingerprint density at radius 3 is 2.00 bits per heavy atom. The molecular formula is C20H22O4S. The van der Waals surface area contributed by atoms with Crippen LogP contribution in [0.4, 0.5) is 0 Å². The molecule has 0 amide bonds. The summed E-state index contributed by atoms with van der Waals surface area (Å²) in [6.45, 7) is 9.30. The van der Waals surface area contributed by atoms with Crippen LogP contribution in [0.1, 0.15) is 69.9 Å². The van der Waals surface area contributed by atoms with Crippen LogP contribution < -0.4 is 0 Å². The highest BCUT2D eigenvalue weighted by molar-refractivity contribution is 7.15. The van der Waals surface area contributed by atoms with E-state index in [1.54, 1.807) is 31.2 Å². The highest BCUT2D eigenvalue weighted by Gasteiger charge is 2.22. The van der Waals surface area contributed by atoms with E-state index in [0.717, 1.165) is 16.9 Å². The molecule has 25 heavy (non-hydrogen) atoms. The standard InChI is InChI=1S/C20H22O4S/c1-12(21)16-10-11-17(25-16)19(23)24-13(2)18(22)14-6-8-15(9-7-14)20(3,4)5/h6-11,13H,1-5H3. The van der Waals surface area contributed by atoms with E-state index in [-0.39, 0.29) is 17.0 Å². The lowest BCUT2D eigenvalue weighted by Crippen LogP contribution is -2.24. The van der Waals surface area contributed by atoms with Crippen LogP contribution in [0.25, 0.3) is 0 Å². The minimum absolute atomic E-state index is 0.00719. The topological polar surface area (TPSA) is 60.4 Å². The van der Waals surface area contributed by atoms with Gasteiger partial charge in [-0.2, -0.15) is 0 Å². The number of ether oxygens (including phenoxy) is 1. The van der Waals surface area contributed by atoms with Crippen LogP contribution >= 0.6 is 11.3 Å². The fourth-order valence-electron chi connectivity index (χ4n) is 2.28. The Bertz CT molecular complexity index is 794. The van der Waals surface area contributed by atoms with E-state index in [2.05, 4.69) is 20.8 Å². The molecule has 1 atom stereocenters. The first-order valence-corrected chi connectivity index (χ1v) is 8.88. The zero-order valence-corrected chi connectivity index (χ0v) is 15.9. The van der Waals surface area contributed by atoms with E-state index < -0.39 is 12.1 Å². The molecule has 0 spiro atoms. The van der Waals surface area contributed by atoms with E-state index in [9.17, 15) is 14.4 Å². The van der Waals surface area contributed by atoms with Gasteiger partial charge in [0, 0.05) is 5.56 Å². The summed E-state index contributed by atoms with van der Waals surface area (Å²) in [7, 11) is 0. The van der Waals surface area contributed by atoms with Crippen molar-refractivity contribution in [3.05, 3.63) is 57.3 Å². The first-order valence-electron chi connectivity index (χ1n) is 8.06. The first kappa shape index (κ1) is 19.1. The number of ketones is 2. The number of esters is 1. The van der Waals surface area contributed by atoms with Crippen LogP contribution in [0.3, 0.4) is 0 Å². The van der Waals surface area contributed by atoms with Crippen LogP contribution in [0.15, 0.2) is 36.4 Å². The maximum atomic E-state index is 12.5. The maximum Gasteiger partial charge on any atom is 0.349 e. The molecule has 0 fully saturated rings. The number of thiophene rings is 1. The van der Waals surface area contributed by atoms with Crippen molar-refractivity contribution in [2.24, 2.45) is 0 Å². The molecule has 4 nitrogen and oxygen atoms in total. The molecule has 5 heteroatoms. The van der Waals surface area contributed by atoms with Gasteiger partial charge in [-0.25, -0.2) is 4.79 Å². The van der Waals surface area contributed by atoms with Gasteiger partial charge in [-0.1, -0.05) is 45.0 Å². The van der Waals surface area contributed by atoms with Gasteiger partial charge in [0.2, 0.25) is 5.78 Å². The molecule has 1 heterocycles. The monoisotopic (exact) mass is 358 g/mol. The van der Waals surface area contributed by atoms with Crippen LogP contribution in [0, 0.1) is 0 Å². The summed E-state index contributed by atoms with van der Waals surface area (Å²) in [4.78, 5) is 36.7. The molecule has 0 aliphatic carbocycles. The van der Waals surface area contributed by atoms with Gasteiger partial charge in [0.15, 0.2) is 11.9 Å². The molecule has 2 aromatic rings. The molecule has 1 unspecified atom stereocenters. The largest absolute Gasteiger partial charge is 0.450 e. The highest BCUT2D eigenvalue weighted by Crippen LogP contribution is 2.23. The number of hydrogen-bond donors (Lipinski definition) is 0. The van der Waals surface area contributed by atoms with Crippen molar-refractivity contribution >= 4 is 28.9 Å². The van der Waals surface area contributed by atoms with Gasteiger partial charge in [-0.15, -0.1) is 11.3 Å². The van der Waals surface area contributed by atoms with Crippen molar-refractivity contribution in [3.63, 3.8) is 0 Å². The van der Waals surface area contributed by atoms with Gasteiger partial charge in [0.1, 0.15) is 4.88 Å². The average molecular weight is 358 g/mol. The minimum atomic E-state index is -0.893. The van der Waals surface area contributed by atoms with Crippen LogP contribution in [-0.2, 0) is 10.2 Å². The summed E-state index contributed by atoms with van der Waals surface area (Å²) in [6.07, 6.45) is -0.893. The fourth-order valence-corrected chi connectivity index (χ4v) is 3.06. The van der Waals surface area contributed by atoms with Gasteiger partial charge in [-0.3, -0.25) is 9.59 Å². The van der Waals surface area contributed by atoms with Crippen LogP contribution in [0.5, 0.6) is 0 Å². The van der Waals surface area contributed by atoms with E-state index in [1.165, 1.54) is 6.92 Å². The molecule has 0 N–H and O–H groups in total. The highest BCUT2D eigenvalue weighted by atomic mass is 32.1. The van der Waals surface area contributed by atoms with Crippen LogP contribution in [0.2, 0.25) is 0 Å². The summed E-state index contributed by atoms with van der Waals surface area (Å²) in [5.41, 5.74) is 1.64. The van der Waals surface area contributed by atoms with Crippen LogP contribution in [-0.4, -0.2) is 23.6 Å². The minimum Gasteiger partial charge on any atom is -0.450 e. The summed E-state index contributed by atoms with van der Waals surface area (Å²) < 4.78 is 5.25. The van der Waals surface area contributed by atoms with Gasteiger partial charge in [-0.05, 0) is 37.0 Å². The van der Waals surface area contributed by atoms with Crippen molar-refractivity contribution in [2.45, 2.75) is 46.1 Å². The van der Waals surface area contributed by atoms with E-state index >= 15 is 0 Å². The average Bonchev–Trinajstić information content (AvgIpc) is 3.03. The summed E-state index contributed by atoms with van der Waals surface area (Å²) in [6, 6.07) is 10.5. The smallest absolute Gasteiger partial charge is 0.349 e. The van der Waals surface area contributed by atoms with Gasteiger partial charge in [0.05, 0.1) is 4.88 Å². The summed E-state index contributed by atoms with van der Waals surface area (Å²) >= 11 is 1.07. The predicted octanol–water partition coefficient (Wildman–Crippen LogP) is 4.68. The summed E-state index contributed by atoms with van der Waals surface area (Å²) in [5.74, 6) is -0.950. The lowest BCUT2D eigenvalue weighted by atomic mass is 9.86. The molecule has 0 aliphatic rings. The Labute approximate surface area is 151 Å². The third-order valence-electron chi connectivity index (χ3n) is 3.84. The number of benzene rings is 1. The molecule has 1 aromatic heterocycles. The van der Waals surface area contributed by atoms with Gasteiger partial charge in [0.25, 0.3) is 0 Å². The quantitative estimate of drug-likeness (QED) is 0.575. The summed E-state index contributed by atoms with van der Waals surface area (Å²) in [5, 5.41) is 0. The second-order valence-corrected chi connectivity index (χ2v) is 8.04. The van der Waals surface area contributed by atoms with E-state index in [0.29, 0.717) is 15.3 Å². The molecule has 0 radical (unpaired) electrons. The Kier molecular flexibility index (Phi) is 5.58. The van der Waals surface area contributed by atoms with Gasteiger partial charge < -0.3 is 4.74 Å². The van der Waals surface area contributed by atoms with Crippen molar-refractivity contribution < 1.29 is 19.1 Å². The third kappa shape index (κ3) is 4.63. The van der Waals surface area contributed by atoms with E-state index in [1.807, 2.05) is 12.1 Å². The predicted molar refractivity (Wildman–Crippen MR) is 98.7 cm³/mol. The Hall–Kier alpha value is -2.27. The Balaban J connectivity index is 2.06. The molecule has 0 saturated heterocycles. The number of hydrogen-bond acceptors (Lipinski definition) is 5.